The second-order valence-electron chi connectivity index (χ2n) is 8.54. The Morgan fingerprint density at radius 3 is 2.34 bits per heavy atom. The molecular weight excluding hydrogens is 366 g/mol. The van der Waals surface area contributed by atoms with Crippen molar-refractivity contribution in [1.82, 2.24) is 30.4 Å². The molecule has 3 fully saturated rings. The van der Waals surface area contributed by atoms with Crippen LogP contribution in [0.4, 0.5) is 5.95 Å². The van der Waals surface area contributed by atoms with Gasteiger partial charge in [-0.05, 0) is 74.2 Å². The Morgan fingerprint density at radius 2 is 1.66 bits per heavy atom. The lowest BCUT2D eigenvalue weighted by molar-refractivity contribution is -0.126. The SMILES string of the molecule is O=C(NC1CC1)C1CCN(C2CCN(c3nnnn3-c3ccccc3)CC2)CC1. The molecule has 2 saturated heterocycles. The highest BCUT2D eigenvalue weighted by molar-refractivity contribution is 5.79. The minimum Gasteiger partial charge on any atom is -0.353 e. The predicted octanol–water partition coefficient (Wildman–Crippen LogP) is 1.62. The van der Waals surface area contributed by atoms with Crippen molar-refractivity contribution < 1.29 is 4.79 Å². The van der Waals surface area contributed by atoms with Crippen LogP contribution < -0.4 is 10.2 Å². The molecule has 0 bridgehead atoms. The van der Waals surface area contributed by atoms with E-state index in [1.165, 1.54) is 0 Å². The van der Waals surface area contributed by atoms with Gasteiger partial charge in [-0.1, -0.05) is 23.3 Å². The molecule has 1 aromatic carbocycles. The van der Waals surface area contributed by atoms with Crippen molar-refractivity contribution >= 4 is 11.9 Å². The Bertz CT molecular complexity index is 819. The van der Waals surface area contributed by atoms with E-state index in [2.05, 4.69) is 30.6 Å². The van der Waals surface area contributed by atoms with Crippen molar-refractivity contribution in [3.63, 3.8) is 0 Å². The van der Waals surface area contributed by atoms with Gasteiger partial charge in [0.05, 0.1) is 5.69 Å². The summed E-state index contributed by atoms with van der Waals surface area (Å²) in [6.07, 6.45) is 6.53. The number of nitrogens with one attached hydrogen (secondary N) is 1. The highest BCUT2D eigenvalue weighted by Crippen LogP contribution is 2.27. The molecule has 1 amide bonds. The number of aromatic nitrogens is 4. The number of hydrogen-bond acceptors (Lipinski definition) is 6. The number of anilines is 1. The van der Waals surface area contributed by atoms with Gasteiger partial charge in [-0.2, -0.15) is 4.68 Å². The largest absolute Gasteiger partial charge is 0.353 e. The van der Waals surface area contributed by atoms with E-state index in [0.717, 1.165) is 76.3 Å². The number of tetrazole rings is 1. The summed E-state index contributed by atoms with van der Waals surface area (Å²) < 4.78 is 1.82. The van der Waals surface area contributed by atoms with Crippen LogP contribution in [0, 0.1) is 5.92 Å². The van der Waals surface area contributed by atoms with E-state index in [4.69, 9.17) is 0 Å². The van der Waals surface area contributed by atoms with Gasteiger partial charge in [0.2, 0.25) is 11.9 Å². The molecule has 8 heteroatoms. The number of hydrogen-bond donors (Lipinski definition) is 1. The zero-order valence-electron chi connectivity index (χ0n) is 16.8. The maximum atomic E-state index is 12.3. The molecule has 3 heterocycles. The summed E-state index contributed by atoms with van der Waals surface area (Å²) in [7, 11) is 0. The molecule has 1 aliphatic carbocycles. The minimum atomic E-state index is 0.211. The van der Waals surface area contributed by atoms with E-state index < -0.39 is 0 Å². The molecular formula is C21H29N7O. The molecule has 0 unspecified atom stereocenters. The van der Waals surface area contributed by atoms with Crippen molar-refractivity contribution in [1.29, 1.82) is 0 Å². The van der Waals surface area contributed by atoms with Crippen LogP contribution in [-0.4, -0.2) is 69.3 Å². The molecule has 0 atom stereocenters. The molecule has 8 nitrogen and oxygen atoms in total. The summed E-state index contributed by atoms with van der Waals surface area (Å²) in [6, 6.07) is 11.1. The smallest absolute Gasteiger partial charge is 0.250 e. The molecule has 0 radical (unpaired) electrons. The lowest BCUT2D eigenvalue weighted by atomic mass is 9.93. The summed E-state index contributed by atoms with van der Waals surface area (Å²) in [5.74, 6) is 1.32. The van der Waals surface area contributed by atoms with E-state index in [1.54, 1.807) is 0 Å². The Kier molecular flexibility index (Phi) is 5.18. The second-order valence-corrected chi connectivity index (χ2v) is 8.54. The van der Waals surface area contributed by atoms with Crippen LogP contribution in [0.1, 0.15) is 38.5 Å². The van der Waals surface area contributed by atoms with Crippen molar-refractivity contribution in [2.45, 2.75) is 50.6 Å². The van der Waals surface area contributed by atoms with Crippen molar-refractivity contribution in [2.75, 3.05) is 31.1 Å². The van der Waals surface area contributed by atoms with Gasteiger partial charge >= 0.3 is 0 Å². The lowest BCUT2D eigenvalue weighted by Crippen LogP contribution is -2.49. The molecule has 29 heavy (non-hydrogen) atoms. The molecule has 2 aromatic rings. The summed E-state index contributed by atoms with van der Waals surface area (Å²) >= 11 is 0. The first-order valence-corrected chi connectivity index (χ1v) is 10.9. The third-order valence-corrected chi connectivity index (χ3v) is 6.54. The fourth-order valence-electron chi connectivity index (χ4n) is 4.62. The number of nitrogens with zero attached hydrogens (tertiary/aromatic N) is 6. The van der Waals surface area contributed by atoms with Gasteiger partial charge in [0.1, 0.15) is 0 Å². The van der Waals surface area contributed by atoms with E-state index in [-0.39, 0.29) is 11.8 Å². The molecule has 3 aliphatic rings. The summed E-state index contributed by atoms with van der Waals surface area (Å²) in [5.41, 5.74) is 0.987. The number of benzene rings is 1. The monoisotopic (exact) mass is 395 g/mol. The molecule has 1 aromatic heterocycles. The normalized spacial score (nSPS) is 22.0. The average Bonchev–Trinajstić information content (AvgIpc) is 3.46. The minimum absolute atomic E-state index is 0.211. The van der Waals surface area contributed by atoms with Crippen LogP contribution in [0.25, 0.3) is 5.69 Å². The molecule has 2 aliphatic heterocycles. The van der Waals surface area contributed by atoms with Gasteiger partial charge in [0.25, 0.3) is 0 Å². The third kappa shape index (κ3) is 4.12. The van der Waals surface area contributed by atoms with Gasteiger partial charge in [-0.3, -0.25) is 4.79 Å². The fraction of sp³-hybridized carbons (Fsp3) is 0.619. The molecule has 5 rings (SSSR count). The van der Waals surface area contributed by atoms with Crippen molar-refractivity contribution in [3.05, 3.63) is 30.3 Å². The van der Waals surface area contributed by atoms with E-state index in [9.17, 15) is 4.79 Å². The average molecular weight is 396 g/mol. The maximum Gasteiger partial charge on any atom is 0.250 e. The number of piperidine rings is 2. The van der Waals surface area contributed by atoms with Crippen LogP contribution >= 0.6 is 0 Å². The number of likely N-dealkylation sites (tertiary alicyclic amines) is 1. The van der Waals surface area contributed by atoms with E-state index >= 15 is 0 Å². The predicted molar refractivity (Wildman–Crippen MR) is 110 cm³/mol. The first-order valence-electron chi connectivity index (χ1n) is 10.9. The first-order chi connectivity index (χ1) is 14.3. The van der Waals surface area contributed by atoms with Crippen molar-refractivity contribution in [2.24, 2.45) is 5.92 Å². The van der Waals surface area contributed by atoms with Gasteiger partial charge in [0.15, 0.2) is 0 Å². The highest BCUT2D eigenvalue weighted by Gasteiger charge is 2.33. The molecule has 154 valence electrons. The number of rotatable bonds is 5. The number of carbonyl (C=O) groups is 1. The van der Waals surface area contributed by atoms with Crippen LogP contribution in [0.3, 0.4) is 0 Å². The van der Waals surface area contributed by atoms with E-state index in [1.807, 2.05) is 35.0 Å². The topological polar surface area (TPSA) is 79.2 Å². The van der Waals surface area contributed by atoms with Crippen LogP contribution in [0.2, 0.25) is 0 Å². The van der Waals surface area contributed by atoms with Crippen LogP contribution in [-0.2, 0) is 4.79 Å². The Hall–Kier alpha value is -2.48. The van der Waals surface area contributed by atoms with Crippen LogP contribution in [0.15, 0.2) is 30.3 Å². The third-order valence-electron chi connectivity index (χ3n) is 6.54. The first kappa shape index (κ1) is 18.5. The summed E-state index contributed by atoms with van der Waals surface area (Å²) in [6.45, 7) is 3.99. The Labute approximate surface area is 171 Å². The lowest BCUT2D eigenvalue weighted by Gasteiger charge is -2.41. The summed E-state index contributed by atoms with van der Waals surface area (Å²) in [5, 5.41) is 15.5. The van der Waals surface area contributed by atoms with Crippen molar-refractivity contribution in [3.8, 4) is 5.69 Å². The molecule has 0 spiro atoms. The quantitative estimate of drug-likeness (QED) is 0.829. The van der Waals surface area contributed by atoms with Gasteiger partial charge in [0, 0.05) is 31.1 Å². The zero-order valence-corrected chi connectivity index (χ0v) is 16.8. The summed E-state index contributed by atoms with van der Waals surface area (Å²) in [4.78, 5) is 17.2. The molecule has 1 N–H and O–H groups in total. The number of amides is 1. The second kappa shape index (κ2) is 8.10. The van der Waals surface area contributed by atoms with Gasteiger partial charge in [-0.15, -0.1) is 0 Å². The Morgan fingerprint density at radius 1 is 0.931 bits per heavy atom. The number of carbonyl (C=O) groups excluding carboxylic acids is 1. The maximum absolute atomic E-state index is 12.3. The Balaban J connectivity index is 1.14. The number of para-hydroxylation sites is 1. The van der Waals surface area contributed by atoms with E-state index in [0.29, 0.717) is 12.1 Å². The molecule has 1 saturated carbocycles. The van der Waals surface area contributed by atoms with Crippen LogP contribution in [0.5, 0.6) is 0 Å². The standard InChI is InChI=1S/C21H29N7O/c29-20(22-17-6-7-17)16-8-12-26(13-9-16)18-10-14-27(15-11-18)21-23-24-25-28(21)19-4-2-1-3-5-19/h1-5,16-18H,6-15H2,(H,22,29). The van der Waals surface area contributed by atoms with Gasteiger partial charge < -0.3 is 15.1 Å². The highest BCUT2D eigenvalue weighted by atomic mass is 16.2. The fourth-order valence-corrected chi connectivity index (χ4v) is 4.62. The zero-order chi connectivity index (χ0) is 19.6. The van der Waals surface area contributed by atoms with Gasteiger partial charge in [-0.25, -0.2) is 0 Å².